The third kappa shape index (κ3) is 3.84. The Balaban J connectivity index is 1.96. The molecule has 1 fully saturated rings. The van der Waals surface area contributed by atoms with Gasteiger partial charge in [0.2, 0.25) is 0 Å². The number of esters is 1. The van der Waals surface area contributed by atoms with Gasteiger partial charge in [-0.2, -0.15) is 0 Å². The van der Waals surface area contributed by atoms with Crippen LogP contribution in [-0.2, 0) is 4.74 Å². The predicted octanol–water partition coefficient (Wildman–Crippen LogP) is 4.33. The van der Waals surface area contributed by atoms with Gasteiger partial charge in [0.25, 0.3) is 0 Å². The first-order valence-corrected chi connectivity index (χ1v) is 7.59. The Hall–Kier alpha value is -0.830. The molecular formula is C15H19BrO2. The van der Waals surface area contributed by atoms with Gasteiger partial charge in [-0.15, -0.1) is 0 Å². The number of rotatable bonds is 2. The zero-order valence-corrected chi connectivity index (χ0v) is 12.1. The van der Waals surface area contributed by atoms with Crippen molar-refractivity contribution < 1.29 is 9.53 Å². The van der Waals surface area contributed by atoms with Crippen LogP contribution in [-0.4, -0.2) is 16.9 Å². The van der Waals surface area contributed by atoms with Crippen molar-refractivity contribution in [3.63, 3.8) is 0 Å². The van der Waals surface area contributed by atoms with Crippen LogP contribution in [0.15, 0.2) is 30.3 Å². The first kappa shape index (κ1) is 13.6. The molecule has 2 rings (SSSR count). The summed E-state index contributed by atoms with van der Waals surface area (Å²) in [5.74, 6) is -0.203. The molecule has 1 unspecified atom stereocenters. The van der Waals surface area contributed by atoms with Crippen molar-refractivity contribution in [1.29, 1.82) is 0 Å². The van der Waals surface area contributed by atoms with Gasteiger partial charge in [-0.3, -0.25) is 0 Å². The summed E-state index contributed by atoms with van der Waals surface area (Å²) in [5.41, 5.74) is 0.638. The molecule has 0 bridgehead atoms. The van der Waals surface area contributed by atoms with Crippen LogP contribution < -0.4 is 0 Å². The Kier molecular flexibility index (Phi) is 5.24. The molecule has 98 valence electrons. The van der Waals surface area contributed by atoms with Crippen LogP contribution in [0.5, 0.6) is 0 Å². The Morgan fingerprint density at radius 2 is 1.72 bits per heavy atom. The molecule has 0 heterocycles. The lowest BCUT2D eigenvalue weighted by Crippen LogP contribution is -2.28. The number of alkyl halides is 1. The molecule has 2 atom stereocenters. The van der Waals surface area contributed by atoms with Crippen molar-refractivity contribution in [2.75, 3.05) is 0 Å². The van der Waals surface area contributed by atoms with Crippen LogP contribution in [0.4, 0.5) is 0 Å². The first-order chi connectivity index (χ1) is 8.77. The van der Waals surface area contributed by atoms with E-state index in [-0.39, 0.29) is 12.1 Å². The zero-order chi connectivity index (χ0) is 12.8. The van der Waals surface area contributed by atoms with Gasteiger partial charge in [-0.1, -0.05) is 53.4 Å². The third-order valence-electron chi connectivity index (χ3n) is 3.39. The van der Waals surface area contributed by atoms with Gasteiger partial charge in [0.1, 0.15) is 6.10 Å². The van der Waals surface area contributed by atoms with Gasteiger partial charge in [0.15, 0.2) is 0 Å². The van der Waals surface area contributed by atoms with Crippen LogP contribution >= 0.6 is 15.9 Å². The summed E-state index contributed by atoms with van der Waals surface area (Å²) in [6.45, 7) is 0. The molecule has 0 saturated heterocycles. The fraction of sp³-hybridized carbons (Fsp3) is 0.533. The van der Waals surface area contributed by atoms with Crippen LogP contribution in [0.25, 0.3) is 0 Å². The standard InChI is InChI=1S/C15H19BrO2/c16-13-10-6-1-2-7-11-14(13)18-15(17)12-8-4-3-5-9-12/h3-5,8-9,13-14H,1-2,6-7,10-11H2/t13?,14-/m0/s1. The smallest absolute Gasteiger partial charge is 0.338 e. The molecule has 18 heavy (non-hydrogen) atoms. The molecule has 0 aromatic heterocycles. The van der Waals surface area contributed by atoms with Crippen molar-refractivity contribution in [2.45, 2.75) is 49.5 Å². The zero-order valence-electron chi connectivity index (χ0n) is 10.5. The third-order valence-corrected chi connectivity index (χ3v) is 4.44. The minimum absolute atomic E-state index is 0.0120. The molecule has 1 aliphatic carbocycles. The summed E-state index contributed by atoms with van der Waals surface area (Å²) >= 11 is 3.66. The van der Waals surface area contributed by atoms with Crippen molar-refractivity contribution in [3.8, 4) is 0 Å². The molecule has 1 aromatic rings. The van der Waals surface area contributed by atoms with Gasteiger partial charge >= 0.3 is 5.97 Å². The molecule has 0 spiro atoms. The summed E-state index contributed by atoms with van der Waals surface area (Å²) in [6, 6.07) is 9.23. The lowest BCUT2D eigenvalue weighted by molar-refractivity contribution is 0.0260. The van der Waals surface area contributed by atoms with Crippen LogP contribution in [0.1, 0.15) is 48.9 Å². The van der Waals surface area contributed by atoms with E-state index in [1.807, 2.05) is 18.2 Å². The molecule has 0 amide bonds. The molecule has 1 aliphatic rings. The largest absolute Gasteiger partial charge is 0.458 e. The van der Waals surface area contributed by atoms with Gasteiger partial charge < -0.3 is 4.74 Å². The maximum absolute atomic E-state index is 12.0. The normalized spacial score (nSPS) is 24.9. The fourth-order valence-electron chi connectivity index (χ4n) is 2.32. The number of carbonyl (C=O) groups is 1. The monoisotopic (exact) mass is 310 g/mol. The minimum atomic E-state index is -0.203. The lowest BCUT2D eigenvalue weighted by Gasteiger charge is -2.25. The Bertz CT molecular complexity index is 377. The molecule has 1 saturated carbocycles. The molecule has 2 nitrogen and oxygen atoms in total. The lowest BCUT2D eigenvalue weighted by atomic mass is 9.98. The SMILES string of the molecule is O=C(O[C@H]1CCCCCCC1Br)c1ccccc1. The highest BCUT2D eigenvalue weighted by Crippen LogP contribution is 2.26. The number of halogens is 1. The second-order valence-corrected chi connectivity index (χ2v) is 5.99. The molecular weight excluding hydrogens is 292 g/mol. The predicted molar refractivity (Wildman–Crippen MR) is 76.1 cm³/mol. The molecule has 0 radical (unpaired) electrons. The Morgan fingerprint density at radius 3 is 2.44 bits per heavy atom. The summed E-state index contributed by atoms with van der Waals surface area (Å²) in [7, 11) is 0. The van der Waals surface area contributed by atoms with E-state index in [2.05, 4.69) is 15.9 Å². The van der Waals surface area contributed by atoms with Gasteiger partial charge in [0, 0.05) is 0 Å². The topological polar surface area (TPSA) is 26.3 Å². The van der Waals surface area contributed by atoms with E-state index in [9.17, 15) is 4.79 Å². The average Bonchev–Trinajstić information content (AvgIpc) is 2.39. The summed E-state index contributed by atoms with van der Waals surface area (Å²) in [6.07, 6.45) is 6.98. The Morgan fingerprint density at radius 1 is 1.06 bits per heavy atom. The maximum Gasteiger partial charge on any atom is 0.338 e. The van der Waals surface area contributed by atoms with Gasteiger partial charge in [0.05, 0.1) is 10.4 Å². The van der Waals surface area contributed by atoms with Crippen LogP contribution in [0.3, 0.4) is 0 Å². The van der Waals surface area contributed by atoms with Crippen LogP contribution in [0, 0.1) is 0 Å². The summed E-state index contributed by atoms with van der Waals surface area (Å²) in [5, 5.41) is 0. The van der Waals surface area contributed by atoms with E-state index >= 15 is 0 Å². The first-order valence-electron chi connectivity index (χ1n) is 6.67. The van der Waals surface area contributed by atoms with E-state index in [0.29, 0.717) is 10.4 Å². The van der Waals surface area contributed by atoms with Gasteiger partial charge in [-0.05, 0) is 31.4 Å². The summed E-state index contributed by atoms with van der Waals surface area (Å²) in [4.78, 5) is 12.3. The molecule has 1 aromatic carbocycles. The minimum Gasteiger partial charge on any atom is -0.458 e. The highest BCUT2D eigenvalue weighted by molar-refractivity contribution is 9.09. The maximum atomic E-state index is 12.0. The number of benzene rings is 1. The highest BCUT2D eigenvalue weighted by atomic mass is 79.9. The number of ether oxygens (including phenoxy) is 1. The quantitative estimate of drug-likeness (QED) is 0.600. The van der Waals surface area contributed by atoms with E-state index < -0.39 is 0 Å². The number of carbonyl (C=O) groups excluding carboxylic acids is 1. The van der Waals surface area contributed by atoms with Crippen molar-refractivity contribution in [2.24, 2.45) is 0 Å². The average molecular weight is 311 g/mol. The second kappa shape index (κ2) is 6.93. The summed E-state index contributed by atoms with van der Waals surface area (Å²) < 4.78 is 5.64. The Labute approximate surface area is 117 Å². The second-order valence-electron chi connectivity index (χ2n) is 4.82. The molecule has 3 heteroatoms. The van der Waals surface area contributed by atoms with Gasteiger partial charge in [-0.25, -0.2) is 4.79 Å². The van der Waals surface area contributed by atoms with Crippen molar-refractivity contribution in [1.82, 2.24) is 0 Å². The van der Waals surface area contributed by atoms with E-state index in [4.69, 9.17) is 4.74 Å². The number of hydrogen-bond donors (Lipinski definition) is 0. The van der Waals surface area contributed by atoms with Crippen molar-refractivity contribution >= 4 is 21.9 Å². The van der Waals surface area contributed by atoms with Crippen LogP contribution in [0.2, 0.25) is 0 Å². The van der Waals surface area contributed by atoms with Crippen molar-refractivity contribution in [3.05, 3.63) is 35.9 Å². The van der Waals surface area contributed by atoms with E-state index in [1.165, 1.54) is 19.3 Å². The fourth-order valence-corrected chi connectivity index (χ4v) is 3.01. The van der Waals surface area contributed by atoms with E-state index in [0.717, 1.165) is 19.3 Å². The molecule has 0 aliphatic heterocycles. The van der Waals surface area contributed by atoms with E-state index in [1.54, 1.807) is 12.1 Å². The number of hydrogen-bond acceptors (Lipinski definition) is 2. The highest BCUT2D eigenvalue weighted by Gasteiger charge is 2.24. The molecule has 0 N–H and O–H groups in total.